The topological polar surface area (TPSA) is 80.0 Å². The molecule has 0 aromatic heterocycles. The zero-order valence-electron chi connectivity index (χ0n) is 10.4. The van der Waals surface area contributed by atoms with E-state index in [4.69, 9.17) is 10.5 Å². The molecule has 0 radical (unpaired) electrons. The number of amides is 1. The van der Waals surface area contributed by atoms with Crippen LogP contribution < -0.4 is 11.1 Å². The van der Waals surface area contributed by atoms with E-state index in [0.29, 0.717) is 32.1 Å². The van der Waals surface area contributed by atoms with Crippen molar-refractivity contribution in [2.45, 2.75) is 19.8 Å². The summed E-state index contributed by atoms with van der Waals surface area (Å²) in [4.78, 5) is 17.5. The lowest BCUT2D eigenvalue weighted by atomic mass is 10.4. The molecule has 0 unspecified atom stereocenters. The molecular formula is C11H22N4O2. The highest BCUT2D eigenvalue weighted by Crippen LogP contribution is 1.96. The summed E-state index contributed by atoms with van der Waals surface area (Å²) in [6.07, 6.45) is 1.34. The van der Waals surface area contributed by atoms with Crippen molar-refractivity contribution in [2.75, 3.05) is 39.4 Å². The van der Waals surface area contributed by atoms with Crippen LogP contribution in [-0.2, 0) is 9.53 Å². The standard InChI is InChI=1S/C11H22N4O2/c1-2-4-13-10(16)3-5-14-11(12)15-6-8-17-9-7-15/h2-9H2,1H3,(H2,12,14)(H,13,16). The Morgan fingerprint density at radius 1 is 1.47 bits per heavy atom. The first-order valence-electron chi connectivity index (χ1n) is 6.13. The van der Waals surface area contributed by atoms with Crippen LogP contribution in [0.2, 0.25) is 0 Å². The van der Waals surface area contributed by atoms with Crippen LogP contribution in [0.1, 0.15) is 19.8 Å². The molecule has 0 atom stereocenters. The van der Waals surface area contributed by atoms with Crippen LogP contribution in [-0.4, -0.2) is 56.2 Å². The van der Waals surface area contributed by atoms with E-state index in [1.807, 2.05) is 11.8 Å². The molecule has 0 aromatic carbocycles. The molecule has 6 heteroatoms. The summed E-state index contributed by atoms with van der Waals surface area (Å²) < 4.78 is 5.22. The Balaban J connectivity index is 2.20. The summed E-state index contributed by atoms with van der Waals surface area (Å²) >= 11 is 0. The van der Waals surface area contributed by atoms with Crippen LogP contribution in [0.3, 0.4) is 0 Å². The van der Waals surface area contributed by atoms with Crippen molar-refractivity contribution >= 4 is 11.9 Å². The van der Waals surface area contributed by atoms with Crippen LogP contribution in [0.5, 0.6) is 0 Å². The number of carbonyl (C=O) groups excluding carboxylic acids is 1. The van der Waals surface area contributed by atoms with Crippen LogP contribution in [0, 0.1) is 0 Å². The fourth-order valence-electron chi connectivity index (χ4n) is 1.52. The Kier molecular flexibility index (Phi) is 6.39. The second-order valence-corrected chi connectivity index (χ2v) is 3.94. The maximum atomic E-state index is 11.3. The van der Waals surface area contributed by atoms with E-state index in [2.05, 4.69) is 10.3 Å². The number of hydrogen-bond acceptors (Lipinski definition) is 3. The minimum absolute atomic E-state index is 0.0328. The molecule has 1 amide bonds. The second kappa shape index (κ2) is 7.89. The molecule has 1 aliphatic rings. The van der Waals surface area contributed by atoms with E-state index >= 15 is 0 Å². The molecule has 0 aromatic rings. The van der Waals surface area contributed by atoms with Crippen molar-refractivity contribution in [2.24, 2.45) is 10.7 Å². The van der Waals surface area contributed by atoms with E-state index in [0.717, 1.165) is 26.1 Å². The molecule has 0 saturated carbocycles. The number of ether oxygens (including phenoxy) is 1. The first kappa shape index (κ1) is 13.8. The fourth-order valence-corrected chi connectivity index (χ4v) is 1.52. The first-order valence-corrected chi connectivity index (χ1v) is 6.13. The molecule has 6 nitrogen and oxygen atoms in total. The van der Waals surface area contributed by atoms with Crippen molar-refractivity contribution in [1.82, 2.24) is 10.2 Å². The lowest BCUT2D eigenvalue weighted by molar-refractivity contribution is -0.120. The molecule has 3 N–H and O–H groups in total. The van der Waals surface area contributed by atoms with Gasteiger partial charge in [-0.2, -0.15) is 0 Å². The number of nitrogens with one attached hydrogen (secondary N) is 1. The van der Waals surface area contributed by atoms with Gasteiger partial charge in [-0.15, -0.1) is 0 Å². The highest BCUT2D eigenvalue weighted by molar-refractivity contribution is 5.79. The molecule has 1 saturated heterocycles. The molecule has 17 heavy (non-hydrogen) atoms. The average molecular weight is 242 g/mol. The largest absolute Gasteiger partial charge is 0.378 e. The maximum Gasteiger partial charge on any atom is 0.221 e. The Bertz CT molecular complexity index is 262. The summed E-state index contributed by atoms with van der Waals surface area (Å²) in [6.45, 7) is 6.12. The Morgan fingerprint density at radius 3 is 2.82 bits per heavy atom. The van der Waals surface area contributed by atoms with Gasteiger partial charge in [-0.25, -0.2) is 0 Å². The van der Waals surface area contributed by atoms with Crippen molar-refractivity contribution in [3.05, 3.63) is 0 Å². The van der Waals surface area contributed by atoms with Gasteiger partial charge in [0.1, 0.15) is 0 Å². The third-order valence-corrected chi connectivity index (χ3v) is 2.52. The lowest BCUT2D eigenvalue weighted by Gasteiger charge is -2.27. The molecule has 0 bridgehead atoms. The van der Waals surface area contributed by atoms with Gasteiger partial charge in [-0.05, 0) is 6.42 Å². The smallest absolute Gasteiger partial charge is 0.221 e. The van der Waals surface area contributed by atoms with E-state index in [9.17, 15) is 4.79 Å². The molecule has 1 heterocycles. The van der Waals surface area contributed by atoms with E-state index in [-0.39, 0.29) is 5.91 Å². The summed E-state index contributed by atoms with van der Waals surface area (Å²) in [5.41, 5.74) is 5.82. The number of nitrogens with zero attached hydrogens (tertiary/aromatic N) is 2. The quantitative estimate of drug-likeness (QED) is 0.505. The number of aliphatic imine (C=N–C) groups is 1. The van der Waals surface area contributed by atoms with Gasteiger partial charge in [-0.1, -0.05) is 6.92 Å². The average Bonchev–Trinajstić information content (AvgIpc) is 2.37. The summed E-state index contributed by atoms with van der Waals surface area (Å²) in [5.74, 6) is 0.543. The van der Waals surface area contributed by atoms with Gasteiger partial charge in [0.2, 0.25) is 5.91 Å². The van der Waals surface area contributed by atoms with E-state index < -0.39 is 0 Å². The van der Waals surface area contributed by atoms with Gasteiger partial charge in [-0.3, -0.25) is 9.79 Å². The van der Waals surface area contributed by atoms with Crippen LogP contribution in [0.4, 0.5) is 0 Å². The molecule has 1 aliphatic heterocycles. The molecule has 0 spiro atoms. The van der Waals surface area contributed by atoms with Crippen molar-refractivity contribution < 1.29 is 9.53 Å². The summed E-state index contributed by atoms with van der Waals surface area (Å²) in [7, 11) is 0. The van der Waals surface area contributed by atoms with Crippen molar-refractivity contribution in [3.63, 3.8) is 0 Å². The summed E-state index contributed by atoms with van der Waals surface area (Å²) in [6, 6.07) is 0. The van der Waals surface area contributed by atoms with E-state index in [1.165, 1.54) is 0 Å². The molecule has 1 rings (SSSR count). The summed E-state index contributed by atoms with van der Waals surface area (Å²) in [5, 5.41) is 2.80. The Morgan fingerprint density at radius 2 is 2.18 bits per heavy atom. The number of hydrogen-bond donors (Lipinski definition) is 2. The van der Waals surface area contributed by atoms with Gasteiger partial charge >= 0.3 is 0 Å². The number of rotatable bonds is 5. The number of carbonyl (C=O) groups is 1. The monoisotopic (exact) mass is 242 g/mol. The van der Waals surface area contributed by atoms with Crippen molar-refractivity contribution in [1.29, 1.82) is 0 Å². The number of guanidine groups is 1. The van der Waals surface area contributed by atoms with Crippen molar-refractivity contribution in [3.8, 4) is 0 Å². The lowest BCUT2D eigenvalue weighted by Crippen LogP contribution is -2.45. The predicted molar refractivity (Wildman–Crippen MR) is 66.8 cm³/mol. The molecule has 1 fully saturated rings. The second-order valence-electron chi connectivity index (χ2n) is 3.94. The fraction of sp³-hybridized carbons (Fsp3) is 0.818. The van der Waals surface area contributed by atoms with Gasteiger partial charge in [0.15, 0.2) is 5.96 Å². The highest BCUT2D eigenvalue weighted by atomic mass is 16.5. The maximum absolute atomic E-state index is 11.3. The van der Waals surface area contributed by atoms with Crippen LogP contribution in [0.25, 0.3) is 0 Å². The van der Waals surface area contributed by atoms with Gasteiger partial charge in [0.05, 0.1) is 19.8 Å². The third-order valence-electron chi connectivity index (χ3n) is 2.52. The Labute approximate surface area is 102 Å². The third kappa shape index (κ3) is 5.53. The predicted octanol–water partition coefficient (Wildman–Crippen LogP) is -0.450. The Hall–Kier alpha value is -1.30. The highest BCUT2D eigenvalue weighted by Gasteiger charge is 2.11. The zero-order valence-corrected chi connectivity index (χ0v) is 10.4. The minimum atomic E-state index is 0.0328. The molecule has 98 valence electrons. The number of nitrogens with two attached hydrogens (primary N) is 1. The van der Waals surface area contributed by atoms with Gasteiger partial charge in [0.25, 0.3) is 0 Å². The molecular weight excluding hydrogens is 220 g/mol. The van der Waals surface area contributed by atoms with E-state index in [1.54, 1.807) is 0 Å². The minimum Gasteiger partial charge on any atom is -0.378 e. The SMILES string of the molecule is CCCNC(=O)CCN=C(N)N1CCOCC1. The van der Waals surface area contributed by atoms with Crippen LogP contribution in [0.15, 0.2) is 4.99 Å². The first-order chi connectivity index (χ1) is 8.24. The van der Waals surface area contributed by atoms with Gasteiger partial charge < -0.3 is 20.7 Å². The molecule has 0 aliphatic carbocycles. The van der Waals surface area contributed by atoms with Crippen LogP contribution >= 0.6 is 0 Å². The number of morpholine rings is 1. The zero-order chi connectivity index (χ0) is 12.5. The van der Waals surface area contributed by atoms with Gasteiger partial charge in [0, 0.05) is 26.1 Å². The normalized spacial score (nSPS) is 17.0.